The Balaban J connectivity index is 1.89. The molecule has 1 amide bonds. The van der Waals surface area contributed by atoms with Crippen LogP contribution in [0.25, 0.3) is 0 Å². The lowest BCUT2D eigenvalue weighted by molar-refractivity contribution is -0.117. The number of hydrogen-bond donors (Lipinski definition) is 0. The third kappa shape index (κ3) is 2.35. The van der Waals surface area contributed by atoms with E-state index in [1.807, 2.05) is 18.2 Å². The first-order valence-electron chi connectivity index (χ1n) is 5.88. The Morgan fingerprint density at radius 3 is 2.68 bits per heavy atom. The van der Waals surface area contributed by atoms with Crippen LogP contribution in [0.3, 0.4) is 0 Å². The number of hydrogen-bond acceptors (Lipinski definition) is 4. The fraction of sp³-hybridized carbons (Fsp3) is 0.417. The third-order valence-electron chi connectivity index (χ3n) is 3.50. The van der Waals surface area contributed by atoms with Crippen LogP contribution in [0.2, 0.25) is 0 Å². The van der Waals surface area contributed by atoms with Gasteiger partial charge >= 0.3 is 0 Å². The second-order valence-electron chi connectivity index (χ2n) is 4.75. The van der Waals surface area contributed by atoms with Crippen LogP contribution < -0.4 is 4.90 Å². The minimum Gasteiger partial charge on any atom is -0.372 e. The van der Waals surface area contributed by atoms with Gasteiger partial charge in [0.2, 0.25) is 15.0 Å². The minimum absolute atomic E-state index is 0.0561. The Kier molecular flexibility index (Phi) is 3.03. The van der Waals surface area contributed by atoms with Crippen molar-refractivity contribution in [3.05, 3.63) is 29.3 Å². The molecule has 2 aliphatic rings. The maximum absolute atomic E-state index is 11.9. The van der Waals surface area contributed by atoms with Crippen molar-refractivity contribution in [3.63, 3.8) is 0 Å². The van der Waals surface area contributed by atoms with E-state index >= 15 is 0 Å². The summed E-state index contributed by atoms with van der Waals surface area (Å²) in [6.45, 7) is 1.23. The molecule has 0 N–H and O–H groups in total. The Hall–Kier alpha value is -1.11. The summed E-state index contributed by atoms with van der Waals surface area (Å²) in [6.07, 6.45) is -0.0561. The molecule has 0 saturated carbocycles. The van der Waals surface area contributed by atoms with E-state index in [4.69, 9.17) is 15.4 Å². The van der Waals surface area contributed by atoms with E-state index in [0.29, 0.717) is 18.9 Å². The highest BCUT2D eigenvalue weighted by molar-refractivity contribution is 8.14. The number of anilines is 1. The van der Waals surface area contributed by atoms with E-state index in [1.165, 1.54) is 4.90 Å². The van der Waals surface area contributed by atoms with Gasteiger partial charge < -0.3 is 9.64 Å². The van der Waals surface area contributed by atoms with Gasteiger partial charge in [-0.05, 0) is 23.3 Å². The van der Waals surface area contributed by atoms with Crippen LogP contribution in [0.1, 0.15) is 17.5 Å². The predicted octanol–water partition coefficient (Wildman–Crippen LogP) is 1.39. The van der Waals surface area contributed by atoms with E-state index in [9.17, 15) is 13.2 Å². The topological polar surface area (TPSA) is 63.7 Å². The summed E-state index contributed by atoms with van der Waals surface area (Å²) in [5.41, 5.74) is 2.86. The first kappa shape index (κ1) is 12.9. The van der Waals surface area contributed by atoms with Crippen LogP contribution in [0.5, 0.6) is 0 Å². The van der Waals surface area contributed by atoms with Crippen molar-refractivity contribution >= 4 is 31.3 Å². The summed E-state index contributed by atoms with van der Waals surface area (Å²) in [5, 5.41) is -0.828. The Bertz CT molecular complexity index is 643. The molecule has 1 unspecified atom stereocenters. The van der Waals surface area contributed by atoms with Crippen LogP contribution in [0, 0.1) is 0 Å². The highest BCUT2D eigenvalue weighted by atomic mass is 35.7. The maximum atomic E-state index is 11.9. The van der Waals surface area contributed by atoms with Crippen LogP contribution in [0.15, 0.2) is 18.2 Å². The average molecular weight is 302 g/mol. The van der Waals surface area contributed by atoms with E-state index < -0.39 is 14.3 Å². The standard InChI is InChI=1S/C12H12ClNO4S/c13-19(16,17)11-4-12(15)14(5-11)10-2-1-8-6-18-7-9(8)3-10/h1-3,11H,4-7H2. The maximum Gasteiger partial charge on any atom is 0.237 e. The van der Waals surface area contributed by atoms with Gasteiger partial charge in [0.15, 0.2) is 0 Å². The zero-order valence-electron chi connectivity index (χ0n) is 10.0. The second-order valence-corrected chi connectivity index (χ2v) is 7.66. The van der Waals surface area contributed by atoms with Gasteiger partial charge in [-0.2, -0.15) is 0 Å². The van der Waals surface area contributed by atoms with Gasteiger partial charge in [0.1, 0.15) is 5.25 Å². The van der Waals surface area contributed by atoms with Crippen LogP contribution in [-0.2, 0) is 31.8 Å². The lowest BCUT2D eigenvalue weighted by Gasteiger charge is -2.17. The SMILES string of the molecule is O=C1CC(S(=O)(=O)Cl)CN1c1ccc2c(c1)COC2. The van der Waals surface area contributed by atoms with Crippen molar-refractivity contribution in [3.8, 4) is 0 Å². The number of nitrogens with zero attached hydrogens (tertiary/aromatic N) is 1. The van der Waals surface area contributed by atoms with Gasteiger partial charge in [0, 0.05) is 29.3 Å². The molecule has 1 atom stereocenters. The molecule has 1 fully saturated rings. The first-order valence-corrected chi connectivity index (χ1v) is 8.26. The highest BCUT2D eigenvalue weighted by Crippen LogP contribution is 2.30. The number of fused-ring (bicyclic) bond motifs is 1. The fourth-order valence-corrected chi connectivity index (χ4v) is 3.47. The molecule has 0 bridgehead atoms. The fourth-order valence-electron chi connectivity index (χ4n) is 2.44. The smallest absolute Gasteiger partial charge is 0.237 e. The van der Waals surface area contributed by atoms with Gasteiger partial charge in [-0.15, -0.1) is 0 Å². The molecule has 2 heterocycles. The van der Waals surface area contributed by atoms with Gasteiger partial charge in [0.25, 0.3) is 0 Å². The summed E-state index contributed by atoms with van der Waals surface area (Å²) in [5.74, 6) is -0.215. The molecule has 7 heteroatoms. The van der Waals surface area contributed by atoms with E-state index in [1.54, 1.807) is 0 Å². The minimum atomic E-state index is -3.70. The largest absolute Gasteiger partial charge is 0.372 e. The third-order valence-corrected chi connectivity index (χ3v) is 5.37. The molecule has 1 saturated heterocycles. The molecular weight excluding hydrogens is 290 g/mol. The van der Waals surface area contributed by atoms with Gasteiger partial charge in [0.05, 0.1) is 13.2 Å². The lowest BCUT2D eigenvalue weighted by Crippen LogP contribution is -2.26. The molecule has 102 valence electrons. The summed E-state index contributed by atoms with van der Waals surface area (Å²) < 4.78 is 27.9. The molecule has 1 aromatic carbocycles. The molecule has 0 aromatic heterocycles. The molecule has 0 spiro atoms. The summed E-state index contributed by atoms with van der Waals surface area (Å²) in [7, 11) is 1.62. The monoisotopic (exact) mass is 301 g/mol. The zero-order valence-corrected chi connectivity index (χ0v) is 11.6. The second kappa shape index (κ2) is 4.47. The van der Waals surface area contributed by atoms with Gasteiger partial charge in [-0.1, -0.05) is 6.07 Å². The van der Waals surface area contributed by atoms with Gasteiger partial charge in [-0.25, -0.2) is 8.42 Å². The molecular formula is C12H12ClNO4S. The van der Waals surface area contributed by atoms with Crippen molar-refractivity contribution < 1.29 is 17.9 Å². The molecule has 0 aliphatic carbocycles. The zero-order chi connectivity index (χ0) is 13.6. The lowest BCUT2D eigenvalue weighted by atomic mass is 10.1. The van der Waals surface area contributed by atoms with E-state index in [-0.39, 0.29) is 18.9 Å². The van der Waals surface area contributed by atoms with Crippen molar-refractivity contribution in [2.24, 2.45) is 0 Å². The summed E-state index contributed by atoms with van der Waals surface area (Å²) in [6, 6.07) is 5.60. The molecule has 19 heavy (non-hydrogen) atoms. The van der Waals surface area contributed by atoms with Gasteiger partial charge in [-0.3, -0.25) is 4.79 Å². The normalized spacial score (nSPS) is 22.9. The highest BCUT2D eigenvalue weighted by Gasteiger charge is 2.38. The van der Waals surface area contributed by atoms with E-state index in [0.717, 1.165) is 11.1 Å². The quantitative estimate of drug-likeness (QED) is 0.774. The molecule has 2 aliphatic heterocycles. The van der Waals surface area contributed by atoms with Crippen molar-refractivity contribution in [1.82, 2.24) is 0 Å². The number of rotatable bonds is 2. The molecule has 0 radical (unpaired) electrons. The Morgan fingerprint density at radius 2 is 2.00 bits per heavy atom. The number of ether oxygens (including phenoxy) is 1. The first-order chi connectivity index (χ1) is 8.95. The average Bonchev–Trinajstić information content (AvgIpc) is 2.92. The number of carbonyl (C=O) groups is 1. The van der Waals surface area contributed by atoms with Crippen molar-refractivity contribution in [1.29, 1.82) is 0 Å². The van der Waals surface area contributed by atoms with Crippen LogP contribution in [0.4, 0.5) is 5.69 Å². The Labute approximate surface area is 115 Å². The number of benzene rings is 1. The van der Waals surface area contributed by atoms with Crippen LogP contribution in [-0.4, -0.2) is 26.1 Å². The summed E-state index contributed by atoms with van der Waals surface area (Å²) >= 11 is 0. The Morgan fingerprint density at radius 1 is 1.26 bits per heavy atom. The van der Waals surface area contributed by atoms with E-state index in [2.05, 4.69) is 0 Å². The number of carbonyl (C=O) groups excluding carboxylic acids is 1. The molecule has 1 aromatic rings. The number of amides is 1. The van der Waals surface area contributed by atoms with Crippen LogP contribution >= 0.6 is 10.7 Å². The molecule has 3 rings (SSSR count). The number of halogens is 1. The van der Waals surface area contributed by atoms with Crippen molar-refractivity contribution in [2.45, 2.75) is 24.9 Å². The predicted molar refractivity (Wildman–Crippen MR) is 70.5 cm³/mol. The molecule has 5 nitrogen and oxygen atoms in total. The van der Waals surface area contributed by atoms with Crippen molar-refractivity contribution in [2.75, 3.05) is 11.4 Å². The summed E-state index contributed by atoms with van der Waals surface area (Å²) in [4.78, 5) is 13.4.